The number of hydrogen-bond donors (Lipinski definition) is 1. The quantitative estimate of drug-likeness (QED) is 0.743. The van der Waals surface area contributed by atoms with E-state index in [-0.39, 0.29) is 25.3 Å². The first-order valence-electron chi connectivity index (χ1n) is 10.0. The Morgan fingerprint density at radius 1 is 1.23 bits per heavy atom. The topological polar surface area (TPSA) is 108 Å². The van der Waals surface area contributed by atoms with Crippen molar-refractivity contribution >= 4 is 17.7 Å². The van der Waals surface area contributed by atoms with Gasteiger partial charge in [-0.25, -0.2) is 9.78 Å². The predicted octanol–water partition coefficient (Wildman–Crippen LogP) is 1.73. The second kappa shape index (κ2) is 8.31. The van der Waals surface area contributed by atoms with Gasteiger partial charge in [-0.3, -0.25) is 9.69 Å². The fourth-order valence-electron chi connectivity index (χ4n) is 3.56. The summed E-state index contributed by atoms with van der Waals surface area (Å²) in [7, 11) is 0. The van der Waals surface area contributed by atoms with E-state index in [0.29, 0.717) is 48.4 Å². The van der Waals surface area contributed by atoms with Crippen molar-refractivity contribution in [2.45, 2.75) is 18.6 Å². The maximum absolute atomic E-state index is 12.4. The highest BCUT2D eigenvalue weighted by Gasteiger charge is 2.33. The highest BCUT2D eigenvalue weighted by atomic mass is 16.7. The SMILES string of the molecule is O=C(NCC1CN(c2ccc3c(c2)OCO3)C(=O)O1)c1ccc(OC2CCOC2)nc1. The zero-order valence-corrected chi connectivity index (χ0v) is 16.6. The largest absolute Gasteiger partial charge is 0.472 e. The first kappa shape index (κ1) is 19.4. The zero-order chi connectivity index (χ0) is 21.2. The van der Waals surface area contributed by atoms with Gasteiger partial charge in [-0.2, -0.15) is 0 Å². The van der Waals surface area contributed by atoms with Crippen LogP contribution < -0.4 is 24.4 Å². The Kier molecular flexibility index (Phi) is 5.21. The number of ether oxygens (including phenoxy) is 5. The lowest BCUT2D eigenvalue weighted by atomic mass is 10.2. The Labute approximate surface area is 178 Å². The van der Waals surface area contributed by atoms with Gasteiger partial charge in [0.25, 0.3) is 5.91 Å². The summed E-state index contributed by atoms with van der Waals surface area (Å²) < 4.78 is 27.0. The minimum absolute atomic E-state index is 0.00284. The van der Waals surface area contributed by atoms with Gasteiger partial charge < -0.3 is 29.0 Å². The molecule has 162 valence electrons. The van der Waals surface area contributed by atoms with E-state index >= 15 is 0 Å². The lowest BCUT2D eigenvalue weighted by Crippen LogP contribution is -2.34. The molecule has 4 heterocycles. The predicted molar refractivity (Wildman–Crippen MR) is 107 cm³/mol. The Hall–Kier alpha value is -3.53. The van der Waals surface area contributed by atoms with Gasteiger partial charge in [-0.1, -0.05) is 0 Å². The monoisotopic (exact) mass is 427 g/mol. The van der Waals surface area contributed by atoms with Crippen molar-refractivity contribution in [2.75, 3.05) is 38.0 Å². The number of nitrogens with zero attached hydrogens (tertiary/aromatic N) is 2. The van der Waals surface area contributed by atoms with Gasteiger partial charge >= 0.3 is 6.09 Å². The molecule has 0 saturated carbocycles. The third-order valence-corrected chi connectivity index (χ3v) is 5.21. The summed E-state index contributed by atoms with van der Waals surface area (Å²) in [5.74, 6) is 1.38. The summed E-state index contributed by atoms with van der Waals surface area (Å²) in [6.07, 6.45) is 1.33. The van der Waals surface area contributed by atoms with Gasteiger partial charge in [0.2, 0.25) is 12.7 Å². The number of anilines is 1. The van der Waals surface area contributed by atoms with Gasteiger partial charge in [0.1, 0.15) is 12.2 Å². The number of benzene rings is 1. The molecule has 2 amide bonds. The average Bonchev–Trinajstić information content (AvgIpc) is 3.53. The van der Waals surface area contributed by atoms with Crippen LogP contribution >= 0.6 is 0 Å². The van der Waals surface area contributed by atoms with Gasteiger partial charge in [0, 0.05) is 24.8 Å². The summed E-state index contributed by atoms with van der Waals surface area (Å²) in [6.45, 7) is 1.89. The van der Waals surface area contributed by atoms with Gasteiger partial charge in [0.15, 0.2) is 11.5 Å². The molecule has 2 atom stereocenters. The standard InChI is InChI=1S/C21H21N3O7/c25-20(13-1-4-19(22-8-13)30-15-5-6-27-11-15)23-9-16-10-24(21(26)31-16)14-2-3-17-18(7-14)29-12-28-17/h1-4,7-8,15-16H,5-6,9-12H2,(H,23,25). The normalized spacial score (nSPS) is 21.8. The maximum Gasteiger partial charge on any atom is 0.414 e. The van der Waals surface area contributed by atoms with Gasteiger partial charge in [-0.05, 0) is 18.2 Å². The number of carbonyl (C=O) groups excluding carboxylic acids is 2. The van der Waals surface area contributed by atoms with E-state index in [1.165, 1.54) is 11.1 Å². The van der Waals surface area contributed by atoms with Crippen LogP contribution in [-0.2, 0) is 9.47 Å². The maximum atomic E-state index is 12.4. The molecule has 1 aromatic heterocycles. The summed E-state index contributed by atoms with van der Waals surface area (Å²) >= 11 is 0. The molecule has 10 nitrogen and oxygen atoms in total. The van der Waals surface area contributed by atoms with E-state index in [2.05, 4.69) is 10.3 Å². The number of amides is 2. The van der Waals surface area contributed by atoms with Gasteiger partial charge in [0.05, 0.1) is 37.6 Å². The number of pyridine rings is 1. The van der Waals surface area contributed by atoms with Crippen LogP contribution in [0, 0.1) is 0 Å². The molecule has 5 rings (SSSR count). The molecule has 10 heteroatoms. The van der Waals surface area contributed by atoms with Crippen LogP contribution in [0.2, 0.25) is 0 Å². The molecule has 1 N–H and O–H groups in total. The minimum atomic E-state index is -0.475. The Bertz CT molecular complexity index is 975. The summed E-state index contributed by atoms with van der Waals surface area (Å²) in [4.78, 5) is 30.4. The van der Waals surface area contributed by atoms with E-state index in [4.69, 9.17) is 23.7 Å². The second-order valence-electron chi connectivity index (χ2n) is 7.35. The van der Waals surface area contributed by atoms with Crippen LogP contribution in [0.4, 0.5) is 10.5 Å². The molecular formula is C21H21N3O7. The lowest BCUT2D eigenvalue weighted by molar-refractivity contribution is 0.0915. The van der Waals surface area contributed by atoms with E-state index in [1.54, 1.807) is 30.3 Å². The average molecular weight is 427 g/mol. The molecule has 0 spiro atoms. The van der Waals surface area contributed by atoms with Crippen molar-refractivity contribution in [1.82, 2.24) is 10.3 Å². The molecule has 0 radical (unpaired) electrons. The minimum Gasteiger partial charge on any atom is -0.472 e. The zero-order valence-electron chi connectivity index (χ0n) is 16.6. The van der Waals surface area contributed by atoms with Crippen LogP contribution in [0.15, 0.2) is 36.5 Å². The Balaban J connectivity index is 1.14. The third-order valence-electron chi connectivity index (χ3n) is 5.21. The molecule has 3 aliphatic heterocycles. The van der Waals surface area contributed by atoms with Gasteiger partial charge in [-0.15, -0.1) is 0 Å². The lowest BCUT2D eigenvalue weighted by Gasteiger charge is -2.14. The molecule has 2 unspecified atom stereocenters. The highest BCUT2D eigenvalue weighted by Crippen LogP contribution is 2.36. The van der Waals surface area contributed by atoms with Crippen molar-refractivity contribution < 1.29 is 33.3 Å². The highest BCUT2D eigenvalue weighted by molar-refractivity contribution is 5.94. The summed E-state index contributed by atoms with van der Waals surface area (Å²) in [5, 5.41) is 2.78. The molecule has 2 fully saturated rings. The number of fused-ring (bicyclic) bond motifs is 1. The Morgan fingerprint density at radius 2 is 2.13 bits per heavy atom. The summed E-state index contributed by atoms with van der Waals surface area (Å²) in [6, 6.07) is 8.55. The number of carbonyl (C=O) groups is 2. The molecule has 0 bridgehead atoms. The van der Waals surface area contributed by atoms with Crippen molar-refractivity contribution in [1.29, 1.82) is 0 Å². The first-order valence-corrected chi connectivity index (χ1v) is 10.0. The smallest absolute Gasteiger partial charge is 0.414 e. The van der Waals surface area contributed by atoms with Crippen molar-refractivity contribution in [3.05, 3.63) is 42.1 Å². The molecular weight excluding hydrogens is 406 g/mol. The van der Waals surface area contributed by atoms with E-state index in [1.807, 2.05) is 0 Å². The fraction of sp³-hybridized carbons (Fsp3) is 0.381. The fourth-order valence-corrected chi connectivity index (χ4v) is 3.56. The molecule has 0 aliphatic carbocycles. The first-order chi connectivity index (χ1) is 15.2. The van der Waals surface area contributed by atoms with Crippen LogP contribution in [-0.4, -0.2) is 62.3 Å². The number of rotatable bonds is 6. The van der Waals surface area contributed by atoms with Crippen LogP contribution in [0.25, 0.3) is 0 Å². The van der Waals surface area contributed by atoms with Crippen LogP contribution in [0.3, 0.4) is 0 Å². The van der Waals surface area contributed by atoms with Crippen LogP contribution in [0.1, 0.15) is 16.8 Å². The summed E-state index contributed by atoms with van der Waals surface area (Å²) in [5.41, 5.74) is 1.04. The number of aromatic nitrogens is 1. The van der Waals surface area contributed by atoms with Crippen molar-refractivity contribution in [2.24, 2.45) is 0 Å². The Morgan fingerprint density at radius 3 is 2.94 bits per heavy atom. The van der Waals surface area contributed by atoms with Crippen LogP contribution in [0.5, 0.6) is 17.4 Å². The molecule has 1 aromatic carbocycles. The van der Waals surface area contributed by atoms with Crippen molar-refractivity contribution in [3.63, 3.8) is 0 Å². The molecule has 31 heavy (non-hydrogen) atoms. The van der Waals surface area contributed by atoms with Crippen molar-refractivity contribution in [3.8, 4) is 17.4 Å². The van der Waals surface area contributed by atoms with E-state index in [9.17, 15) is 9.59 Å². The third kappa shape index (κ3) is 4.19. The molecule has 2 saturated heterocycles. The second-order valence-corrected chi connectivity index (χ2v) is 7.35. The number of cyclic esters (lactones) is 1. The number of hydrogen-bond acceptors (Lipinski definition) is 8. The van der Waals surface area contributed by atoms with E-state index in [0.717, 1.165) is 6.42 Å². The number of nitrogens with one attached hydrogen (secondary N) is 1. The molecule has 2 aromatic rings. The molecule has 3 aliphatic rings. The van der Waals surface area contributed by atoms with E-state index < -0.39 is 12.2 Å².